The Bertz CT molecular complexity index is 905. The van der Waals surface area contributed by atoms with Gasteiger partial charge in [0, 0.05) is 12.1 Å². The third kappa shape index (κ3) is 3.86. The number of nitrogens with two attached hydrogens (primary N) is 1. The minimum absolute atomic E-state index is 0.0853. The molecule has 154 valence electrons. The number of benzene rings is 1. The molecule has 2 N–H and O–H groups in total. The summed E-state index contributed by atoms with van der Waals surface area (Å²) in [5, 5.41) is 5.20. The predicted octanol–water partition coefficient (Wildman–Crippen LogP) is 1.68. The normalized spacial score (nSPS) is 24.3. The third-order valence-electron chi connectivity index (χ3n) is 5.21. The van der Waals surface area contributed by atoms with E-state index in [1.54, 1.807) is 4.90 Å². The largest absolute Gasteiger partial charge is 0.496 e. The van der Waals surface area contributed by atoms with Crippen LogP contribution in [0.3, 0.4) is 0 Å². The van der Waals surface area contributed by atoms with Crippen LogP contribution in [-0.2, 0) is 19.6 Å². The van der Waals surface area contributed by atoms with E-state index >= 15 is 0 Å². The Morgan fingerprint density at radius 3 is 2.46 bits per heavy atom. The zero-order valence-electron chi connectivity index (χ0n) is 16.5. The average Bonchev–Trinajstić information content (AvgIpc) is 3.16. The summed E-state index contributed by atoms with van der Waals surface area (Å²) in [5.74, 6) is -0.782. The Balaban J connectivity index is 1.91. The molecule has 0 aromatic heterocycles. The molecule has 2 aliphatic heterocycles. The van der Waals surface area contributed by atoms with E-state index in [-0.39, 0.29) is 46.1 Å². The number of rotatable bonds is 4. The van der Waals surface area contributed by atoms with E-state index in [1.165, 1.54) is 25.3 Å². The number of methoxy groups -OCH3 is 1. The molecule has 3 rings (SSSR count). The van der Waals surface area contributed by atoms with Crippen molar-refractivity contribution in [1.82, 2.24) is 4.90 Å². The molecule has 0 aliphatic carbocycles. The van der Waals surface area contributed by atoms with Crippen molar-refractivity contribution in [1.29, 1.82) is 0 Å². The maximum atomic E-state index is 13.3. The first kappa shape index (κ1) is 20.6. The number of nitrogens with zero attached hydrogens (tertiary/aromatic N) is 1. The Morgan fingerprint density at radius 1 is 1.21 bits per heavy atom. The molecule has 9 heteroatoms. The summed E-state index contributed by atoms with van der Waals surface area (Å²) in [4.78, 5) is 27.4. The van der Waals surface area contributed by atoms with E-state index in [4.69, 9.17) is 14.6 Å². The quantitative estimate of drug-likeness (QED) is 0.755. The smallest absolute Gasteiger partial charge is 0.311 e. The highest BCUT2D eigenvalue weighted by atomic mass is 32.2. The lowest BCUT2D eigenvalue weighted by Crippen LogP contribution is -2.39. The van der Waals surface area contributed by atoms with Gasteiger partial charge in [-0.2, -0.15) is 0 Å². The van der Waals surface area contributed by atoms with Gasteiger partial charge in [-0.15, -0.1) is 0 Å². The van der Waals surface area contributed by atoms with E-state index in [2.05, 4.69) is 0 Å². The summed E-state index contributed by atoms with van der Waals surface area (Å²) in [6.45, 7) is 5.43. The number of sulfonamides is 1. The Labute approximate surface area is 165 Å². The predicted molar refractivity (Wildman–Crippen MR) is 101 cm³/mol. The van der Waals surface area contributed by atoms with E-state index < -0.39 is 15.6 Å². The second-order valence-corrected chi connectivity index (χ2v) is 9.86. The van der Waals surface area contributed by atoms with Gasteiger partial charge in [-0.05, 0) is 58.2 Å². The van der Waals surface area contributed by atoms with Crippen LogP contribution in [-0.4, -0.2) is 50.0 Å². The summed E-state index contributed by atoms with van der Waals surface area (Å²) < 4.78 is 34.2. The molecule has 2 heterocycles. The fraction of sp³-hybridized carbons (Fsp3) is 0.579. The molecule has 2 saturated heterocycles. The van der Waals surface area contributed by atoms with Gasteiger partial charge in [0.25, 0.3) is 5.91 Å². The number of esters is 1. The van der Waals surface area contributed by atoms with E-state index in [0.717, 1.165) is 6.42 Å². The van der Waals surface area contributed by atoms with Crippen LogP contribution in [0.4, 0.5) is 0 Å². The second kappa shape index (κ2) is 7.04. The lowest BCUT2D eigenvalue weighted by atomic mass is 9.89. The fourth-order valence-electron chi connectivity index (χ4n) is 4.11. The number of fused-ring (bicyclic) bond motifs is 2. The third-order valence-corrected chi connectivity index (χ3v) is 6.12. The molecule has 0 saturated carbocycles. The molecule has 2 aliphatic rings. The van der Waals surface area contributed by atoms with Crippen molar-refractivity contribution < 1.29 is 27.5 Å². The summed E-state index contributed by atoms with van der Waals surface area (Å²) in [6.07, 6.45) is 2.05. The number of hydrogen-bond acceptors (Lipinski definition) is 6. The molecule has 0 radical (unpaired) electrons. The maximum absolute atomic E-state index is 13.3. The molecule has 8 nitrogen and oxygen atoms in total. The molecule has 28 heavy (non-hydrogen) atoms. The van der Waals surface area contributed by atoms with Crippen LogP contribution < -0.4 is 9.88 Å². The summed E-state index contributed by atoms with van der Waals surface area (Å²) in [5.41, 5.74) is -0.475. The zero-order valence-corrected chi connectivity index (χ0v) is 17.3. The average molecular weight is 410 g/mol. The summed E-state index contributed by atoms with van der Waals surface area (Å²) in [6, 6.07) is 3.59. The monoisotopic (exact) mass is 410 g/mol. The minimum Gasteiger partial charge on any atom is -0.496 e. The number of carbonyl (C=O) groups excluding carboxylic acids is 2. The summed E-state index contributed by atoms with van der Waals surface area (Å²) >= 11 is 0. The van der Waals surface area contributed by atoms with Gasteiger partial charge in [-0.1, -0.05) is 0 Å². The molecular formula is C19H26N2O6S. The second-order valence-electron chi connectivity index (χ2n) is 8.29. The van der Waals surface area contributed by atoms with Crippen LogP contribution in [0, 0.1) is 5.92 Å². The Kier molecular flexibility index (Phi) is 5.18. The molecule has 1 aromatic carbocycles. The maximum Gasteiger partial charge on any atom is 0.311 e. The summed E-state index contributed by atoms with van der Waals surface area (Å²) in [7, 11) is -2.56. The van der Waals surface area contributed by atoms with Crippen molar-refractivity contribution in [3.8, 4) is 5.75 Å². The molecule has 3 atom stereocenters. The molecular weight excluding hydrogens is 384 g/mol. The molecule has 2 fully saturated rings. The number of carbonyl (C=O) groups is 2. The molecule has 2 bridgehead atoms. The van der Waals surface area contributed by atoms with Gasteiger partial charge >= 0.3 is 5.97 Å². The lowest BCUT2D eigenvalue weighted by Gasteiger charge is -2.27. The Hall–Kier alpha value is -2.13. The molecule has 0 unspecified atom stereocenters. The van der Waals surface area contributed by atoms with Gasteiger partial charge in [0.05, 0.1) is 23.5 Å². The van der Waals surface area contributed by atoms with E-state index in [9.17, 15) is 18.0 Å². The highest BCUT2D eigenvalue weighted by Crippen LogP contribution is 2.44. The van der Waals surface area contributed by atoms with E-state index in [1.807, 2.05) is 20.8 Å². The number of primary sulfonamides is 1. The van der Waals surface area contributed by atoms with Crippen molar-refractivity contribution >= 4 is 21.9 Å². The first-order valence-electron chi connectivity index (χ1n) is 9.19. The number of ether oxygens (including phenoxy) is 2. The van der Waals surface area contributed by atoms with Gasteiger partial charge in [-0.3, -0.25) is 9.59 Å². The van der Waals surface area contributed by atoms with Crippen molar-refractivity contribution in [3.63, 3.8) is 0 Å². The number of hydrogen-bond donors (Lipinski definition) is 1. The highest BCUT2D eigenvalue weighted by Gasteiger charge is 2.52. The minimum atomic E-state index is -3.96. The van der Waals surface area contributed by atoms with Crippen LogP contribution >= 0.6 is 0 Å². The van der Waals surface area contributed by atoms with Crippen LogP contribution in [0.5, 0.6) is 5.75 Å². The zero-order chi connectivity index (χ0) is 20.9. The van der Waals surface area contributed by atoms with Crippen molar-refractivity contribution in [2.45, 2.75) is 62.6 Å². The molecule has 0 spiro atoms. The number of amides is 1. The van der Waals surface area contributed by atoms with Crippen molar-refractivity contribution in [2.75, 3.05) is 7.11 Å². The lowest BCUT2D eigenvalue weighted by molar-refractivity contribution is -0.160. The van der Waals surface area contributed by atoms with Crippen LogP contribution in [0.15, 0.2) is 23.1 Å². The van der Waals surface area contributed by atoms with Crippen LogP contribution in [0.2, 0.25) is 0 Å². The van der Waals surface area contributed by atoms with Crippen molar-refractivity contribution in [2.24, 2.45) is 11.1 Å². The van der Waals surface area contributed by atoms with Gasteiger partial charge in [0.1, 0.15) is 11.4 Å². The van der Waals surface area contributed by atoms with E-state index in [0.29, 0.717) is 12.8 Å². The van der Waals surface area contributed by atoms with Gasteiger partial charge in [-0.25, -0.2) is 13.6 Å². The molecule has 1 amide bonds. The topological polar surface area (TPSA) is 116 Å². The molecule has 1 aromatic rings. The van der Waals surface area contributed by atoms with Crippen LogP contribution in [0.25, 0.3) is 0 Å². The first-order valence-corrected chi connectivity index (χ1v) is 10.7. The van der Waals surface area contributed by atoms with Gasteiger partial charge in [0.2, 0.25) is 10.0 Å². The highest BCUT2D eigenvalue weighted by molar-refractivity contribution is 7.89. The van der Waals surface area contributed by atoms with Crippen molar-refractivity contribution in [3.05, 3.63) is 23.8 Å². The van der Waals surface area contributed by atoms with Crippen LogP contribution in [0.1, 0.15) is 50.4 Å². The van der Waals surface area contributed by atoms with Gasteiger partial charge < -0.3 is 14.4 Å². The Morgan fingerprint density at radius 2 is 1.89 bits per heavy atom. The standard InChI is InChI=1S/C19H26N2O6S/c1-19(2,3)27-18(23)13-9-11-5-7-15(13)21(11)17(22)14-10-12(28(20,24)25)6-8-16(14)26-4/h6,8,10-11,13,15H,5,7,9H2,1-4H3,(H2,20,24,25)/t11-,13+,15-/m0/s1. The first-order chi connectivity index (χ1) is 12.9. The van der Waals surface area contributed by atoms with Gasteiger partial charge in [0.15, 0.2) is 0 Å². The SMILES string of the molecule is COc1ccc(S(N)(=O)=O)cc1C(=O)N1[C@H]2CC[C@H]1[C@H](C(=O)OC(C)(C)C)C2. The fourth-order valence-corrected chi connectivity index (χ4v) is 4.65.